The van der Waals surface area contributed by atoms with Crippen molar-refractivity contribution in [1.82, 2.24) is 10.2 Å². The summed E-state index contributed by atoms with van der Waals surface area (Å²) >= 11 is 0. The SMILES string of the molecule is CCOC1CC(NC(=NC)N2CCC(COC)C2)C12CCCC2.I. The number of methoxy groups -OCH3 is 1. The van der Waals surface area contributed by atoms with E-state index in [1.54, 1.807) is 7.11 Å². The van der Waals surface area contributed by atoms with Gasteiger partial charge in [0.25, 0.3) is 0 Å². The predicted octanol–water partition coefficient (Wildman–Crippen LogP) is 2.89. The first-order valence-corrected chi connectivity index (χ1v) is 9.32. The Balaban J connectivity index is 0.00000208. The molecule has 0 amide bonds. The lowest BCUT2D eigenvalue weighted by molar-refractivity contribution is -0.126. The highest BCUT2D eigenvalue weighted by Crippen LogP contribution is 2.54. The fourth-order valence-electron chi connectivity index (χ4n) is 4.94. The van der Waals surface area contributed by atoms with E-state index in [9.17, 15) is 0 Å². The summed E-state index contributed by atoms with van der Waals surface area (Å²) < 4.78 is 11.3. The van der Waals surface area contributed by atoms with Crippen molar-refractivity contribution in [3.05, 3.63) is 0 Å². The highest BCUT2D eigenvalue weighted by Gasteiger charge is 2.57. The Morgan fingerprint density at radius 1 is 1.33 bits per heavy atom. The zero-order valence-corrected chi connectivity index (χ0v) is 17.8. The summed E-state index contributed by atoms with van der Waals surface area (Å²) in [6, 6.07) is 0.529. The van der Waals surface area contributed by atoms with Gasteiger partial charge in [0.1, 0.15) is 0 Å². The van der Waals surface area contributed by atoms with E-state index in [0.29, 0.717) is 23.5 Å². The van der Waals surface area contributed by atoms with E-state index in [4.69, 9.17) is 9.47 Å². The second kappa shape index (κ2) is 9.03. The van der Waals surface area contributed by atoms with Crippen molar-refractivity contribution in [2.75, 3.05) is 40.5 Å². The maximum atomic E-state index is 6.03. The van der Waals surface area contributed by atoms with Crippen LogP contribution in [0.4, 0.5) is 0 Å². The number of nitrogens with zero attached hydrogens (tertiary/aromatic N) is 2. The zero-order chi connectivity index (χ0) is 16.3. The third-order valence-electron chi connectivity index (χ3n) is 6.19. The topological polar surface area (TPSA) is 46.1 Å². The summed E-state index contributed by atoms with van der Waals surface area (Å²) in [4.78, 5) is 6.96. The van der Waals surface area contributed by atoms with Gasteiger partial charge >= 0.3 is 0 Å². The molecule has 140 valence electrons. The van der Waals surface area contributed by atoms with Crippen molar-refractivity contribution in [3.8, 4) is 0 Å². The van der Waals surface area contributed by atoms with Crippen molar-refractivity contribution in [3.63, 3.8) is 0 Å². The molecule has 1 spiro atoms. The fourth-order valence-corrected chi connectivity index (χ4v) is 4.94. The van der Waals surface area contributed by atoms with Gasteiger partial charge in [0, 0.05) is 51.2 Å². The van der Waals surface area contributed by atoms with Crippen molar-refractivity contribution in [2.24, 2.45) is 16.3 Å². The highest BCUT2D eigenvalue weighted by molar-refractivity contribution is 14.0. The van der Waals surface area contributed by atoms with Gasteiger partial charge in [-0.25, -0.2) is 0 Å². The van der Waals surface area contributed by atoms with Gasteiger partial charge in [-0.2, -0.15) is 0 Å². The minimum absolute atomic E-state index is 0. The Morgan fingerprint density at radius 2 is 2.08 bits per heavy atom. The number of likely N-dealkylation sites (tertiary alicyclic amines) is 1. The Hall–Kier alpha value is -0.0800. The lowest BCUT2D eigenvalue weighted by Crippen LogP contribution is -2.65. The maximum Gasteiger partial charge on any atom is 0.193 e. The average Bonchev–Trinajstić information content (AvgIpc) is 3.21. The van der Waals surface area contributed by atoms with Gasteiger partial charge in [0.2, 0.25) is 0 Å². The number of hydrogen-bond acceptors (Lipinski definition) is 3. The molecule has 6 heteroatoms. The molecule has 0 aromatic heterocycles. The number of ether oxygens (including phenoxy) is 2. The van der Waals surface area contributed by atoms with Gasteiger partial charge in [-0.3, -0.25) is 4.99 Å². The van der Waals surface area contributed by atoms with Crippen LogP contribution < -0.4 is 5.32 Å². The van der Waals surface area contributed by atoms with Gasteiger partial charge in [-0.1, -0.05) is 12.8 Å². The van der Waals surface area contributed by atoms with Crippen LogP contribution in [0.5, 0.6) is 0 Å². The number of rotatable bonds is 5. The molecule has 3 fully saturated rings. The molecule has 1 aliphatic heterocycles. The van der Waals surface area contributed by atoms with Crippen LogP contribution in [0.2, 0.25) is 0 Å². The molecule has 5 nitrogen and oxygen atoms in total. The molecular weight excluding hydrogens is 417 g/mol. The second-order valence-corrected chi connectivity index (χ2v) is 7.42. The van der Waals surface area contributed by atoms with Crippen LogP contribution in [0.25, 0.3) is 0 Å². The zero-order valence-electron chi connectivity index (χ0n) is 15.4. The van der Waals surface area contributed by atoms with E-state index in [2.05, 4.69) is 22.1 Å². The molecule has 3 unspecified atom stereocenters. The largest absolute Gasteiger partial charge is 0.384 e. The lowest BCUT2D eigenvalue weighted by Gasteiger charge is -2.54. The third kappa shape index (κ3) is 3.85. The van der Waals surface area contributed by atoms with Crippen molar-refractivity contribution >= 4 is 29.9 Å². The van der Waals surface area contributed by atoms with Crippen LogP contribution in [0.15, 0.2) is 4.99 Å². The molecule has 3 rings (SSSR count). The summed E-state index contributed by atoms with van der Waals surface area (Å²) in [5.41, 5.74) is 0.359. The smallest absolute Gasteiger partial charge is 0.193 e. The molecule has 0 bridgehead atoms. The normalized spacial score (nSPS) is 31.9. The molecule has 2 saturated carbocycles. The molecule has 2 aliphatic carbocycles. The standard InChI is InChI=1S/C18H33N3O2.HI/c1-4-23-16-11-15(18(16)8-5-6-9-18)20-17(19-2)21-10-7-14(12-21)13-22-3;/h14-16H,4-13H2,1-3H3,(H,19,20);1H. The lowest BCUT2D eigenvalue weighted by atomic mass is 9.60. The van der Waals surface area contributed by atoms with Crippen LogP contribution in [0.1, 0.15) is 45.4 Å². The number of nitrogens with one attached hydrogen (secondary N) is 1. The Bertz CT molecular complexity index is 426. The van der Waals surface area contributed by atoms with E-state index >= 15 is 0 Å². The van der Waals surface area contributed by atoms with E-state index in [-0.39, 0.29) is 24.0 Å². The first kappa shape index (κ1) is 20.2. The maximum absolute atomic E-state index is 6.03. The van der Waals surface area contributed by atoms with Gasteiger partial charge < -0.3 is 19.7 Å². The molecule has 3 aliphatic rings. The molecule has 0 aromatic carbocycles. The number of hydrogen-bond donors (Lipinski definition) is 1. The summed E-state index contributed by atoms with van der Waals surface area (Å²) in [6.07, 6.45) is 8.08. The van der Waals surface area contributed by atoms with Gasteiger partial charge in [0.05, 0.1) is 12.7 Å². The Labute approximate surface area is 164 Å². The van der Waals surface area contributed by atoms with Gasteiger partial charge in [-0.15, -0.1) is 24.0 Å². The minimum atomic E-state index is 0. The molecular formula is C18H34IN3O2. The predicted molar refractivity (Wildman–Crippen MR) is 108 cm³/mol. The van der Waals surface area contributed by atoms with E-state index < -0.39 is 0 Å². The summed E-state index contributed by atoms with van der Waals surface area (Å²) in [5, 5.41) is 3.78. The summed E-state index contributed by atoms with van der Waals surface area (Å²) in [7, 11) is 3.70. The second-order valence-electron chi connectivity index (χ2n) is 7.42. The molecule has 0 aromatic rings. The number of halogens is 1. The molecule has 1 N–H and O–H groups in total. The molecule has 3 atom stereocenters. The first-order valence-electron chi connectivity index (χ1n) is 9.32. The highest BCUT2D eigenvalue weighted by atomic mass is 127. The third-order valence-corrected chi connectivity index (χ3v) is 6.19. The van der Waals surface area contributed by atoms with Crippen molar-refractivity contribution < 1.29 is 9.47 Å². The molecule has 1 saturated heterocycles. The minimum Gasteiger partial charge on any atom is -0.384 e. The van der Waals surface area contributed by atoms with Gasteiger partial charge in [-0.05, 0) is 32.6 Å². The molecule has 24 heavy (non-hydrogen) atoms. The summed E-state index contributed by atoms with van der Waals surface area (Å²) in [5.74, 6) is 1.71. The van der Waals surface area contributed by atoms with Crippen LogP contribution in [-0.4, -0.2) is 63.5 Å². The van der Waals surface area contributed by atoms with Crippen LogP contribution in [0, 0.1) is 11.3 Å². The van der Waals surface area contributed by atoms with Crippen LogP contribution in [0.3, 0.4) is 0 Å². The van der Waals surface area contributed by atoms with E-state index in [0.717, 1.165) is 38.7 Å². The van der Waals surface area contributed by atoms with Crippen molar-refractivity contribution in [1.29, 1.82) is 0 Å². The first-order chi connectivity index (χ1) is 11.2. The fraction of sp³-hybridized carbons (Fsp3) is 0.944. The Morgan fingerprint density at radius 3 is 2.71 bits per heavy atom. The van der Waals surface area contributed by atoms with E-state index in [1.807, 2.05) is 7.05 Å². The molecule has 1 heterocycles. The van der Waals surface area contributed by atoms with Gasteiger partial charge in [0.15, 0.2) is 5.96 Å². The monoisotopic (exact) mass is 451 g/mol. The average molecular weight is 451 g/mol. The number of aliphatic imine (C=N–C) groups is 1. The number of guanidine groups is 1. The Kier molecular flexibility index (Phi) is 7.61. The van der Waals surface area contributed by atoms with Crippen LogP contribution in [-0.2, 0) is 9.47 Å². The van der Waals surface area contributed by atoms with Crippen molar-refractivity contribution in [2.45, 2.75) is 57.6 Å². The van der Waals surface area contributed by atoms with Crippen LogP contribution >= 0.6 is 24.0 Å². The molecule has 0 radical (unpaired) electrons. The summed E-state index contributed by atoms with van der Waals surface area (Å²) in [6.45, 7) is 5.94. The quantitative estimate of drug-likeness (QED) is 0.397. The van der Waals surface area contributed by atoms with E-state index in [1.165, 1.54) is 32.1 Å².